The van der Waals surface area contributed by atoms with Crippen LogP contribution in [0.3, 0.4) is 0 Å². The molecule has 7 nitrogen and oxygen atoms in total. The third kappa shape index (κ3) is 13.1. The van der Waals surface area contributed by atoms with E-state index in [1.54, 1.807) is 0 Å². The van der Waals surface area contributed by atoms with E-state index >= 15 is 0 Å². The molecule has 5 heterocycles. The first kappa shape index (κ1) is 51.3. The van der Waals surface area contributed by atoms with Gasteiger partial charge in [-0.15, -0.1) is 0 Å². The maximum absolute atomic E-state index is 7.19. The number of benzene rings is 1. The van der Waals surface area contributed by atoms with Crippen LogP contribution < -0.4 is 10.7 Å². The molecule has 9 heteroatoms. The van der Waals surface area contributed by atoms with Crippen LogP contribution in [-0.2, 0) is 17.6 Å². The predicted molar refractivity (Wildman–Crippen MR) is 291 cm³/mol. The summed E-state index contributed by atoms with van der Waals surface area (Å²) >= 11 is 5.24. The first-order chi connectivity index (χ1) is 31.7. The molecule has 3 aromatic rings. The number of allylic oxidation sites excluding steroid dienone is 1. The van der Waals surface area contributed by atoms with Crippen molar-refractivity contribution in [2.24, 2.45) is 9.98 Å². The van der Waals surface area contributed by atoms with Gasteiger partial charge in [0.25, 0.3) is 0 Å². The normalized spacial score (nSPS) is 20.6. The highest BCUT2D eigenvalue weighted by Crippen LogP contribution is 2.55. The Kier molecular flexibility index (Phi) is 20.5. The summed E-state index contributed by atoms with van der Waals surface area (Å²) in [6.45, 7) is 13.5. The molecule has 3 aliphatic rings. The van der Waals surface area contributed by atoms with Gasteiger partial charge in [-0.2, -0.15) is 0 Å². The van der Waals surface area contributed by atoms with Gasteiger partial charge in [0.2, 0.25) is 0 Å². The lowest BCUT2D eigenvalue weighted by Crippen LogP contribution is -2.40. The van der Waals surface area contributed by atoms with Gasteiger partial charge < -0.3 is 24.2 Å². The summed E-state index contributed by atoms with van der Waals surface area (Å²) in [5.41, 5.74) is 5.54. The van der Waals surface area contributed by atoms with Crippen LogP contribution in [0, 0.1) is 0 Å². The molecule has 5 unspecified atom stereocenters. The highest BCUT2D eigenvalue weighted by Gasteiger charge is 2.52. The van der Waals surface area contributed by atoms with Crippen molar-refractivity contribution in [3.05, 3.63) is 112 Å². The average Bonchev–Trinajstić information content (AvgIpc) is 4.18. The lowest BCUT2D eigenvalue weighted by Gasteiger charge is -2.38. The van der Waals surface area contributed by atoms with Crippen LogP contribution in [0.2, 0.25) is 0 Å². The van der Waals surface area contributed by atoms with Gasteiger partial charge in [-0.3, -0.25) is 4.99 Å². The second kappa shape index (κ2) is 25.9. The summed E-state index contributed by atoms with van der Waals surface area (Å²) in [6, 6.07) is 19.5. The smallest absolute Gasteiger partial charge is 0.168 e. The summed E-state index contributed by atoms with van der Waals surface area (Å²) in [5.74, 6) is 2.31. The molecule has 0 aliphatic carbocycles. The number of aromatic amines is 2. The summed E-state index contributed by atoms with van der Waals surface area (Å²) < 4.78 is 20.2. The van der Waals surface area contributed by atoms with E-state index in [0.29, 0.717) is 0 Å². The molecule has 65 heavy (non-hydrogen) atoms. The number of fused-ring (bicyclic) bond motifs is 6. The van der Waals surface area contributed by atoms with E-state index < -0.39 is 6.97 Å². The van der Waals surface area contributed by atoms with Gasteiger partial charge in [0.1, 0.15) is 20.5 Å². The van der Waals surface area contributed by atoms with Crippen molar-refractivity contribution in [2.45, 2.75) is 202 Å². The third-order valence-corrected chi connectivity index (χ3v) is 17.8. The van der Waals surface area contributed by atoms with Crippen molar-refractivity contribution in [3.63, 3.8) is 0 Å². The van der Waals surface area contributed by atoms with Crippen LogP contribution >= 0.6 is 45.2 Å². The minimum absolute atomic E-state index is 0.0559. The van der Waals surface area contributed by atoms with Crippen molar-refractivity contribution in [2.75, 3.05) is 0 Å². The fraction of sp³-hybridized carbons (Fsp3) is 0.571. The second-order valence-electron chi connectivity index (χ2n) is 18.4. The summed E-state index contributed by atoms with van der Waals surface area (Å²) in [7, 11) is 0. The maximum Gasteiger partial charge on any atom is 0.168 e. The van der Waals surface area contributed by atoms with Crippen molar-refractivity contribution < 1.29 is 14.2 Å². The molecule has 2 aromatic heterocycles. The number of H-pyrrole nitrogens is 2. The predicted octanol–water partition coefficient (Wildman–Crippen LogP) is 15.2. The van der Waals surface area contributed by atoms with E-state index in [4.69, 9.17) is 24.2 Å². The Balaban J connectivity index is 1.55. The van der Waals surface area contributed by atoms with E-state index in [1.165, 1.54) is 77.0 Å². The van der Waals surface area contributed by atoms with Crippen molar-refractivity contribution in [3.8, 4) is 0 Å². The Bertz CT molecular complexity index is 2230. The summed E-state index contributed by atoms with van der Waals surface area (Å²) in [4.78, 5) is 18.9. The van der Waals surface area contributed by atoms with Gasteiger partial charge in [-0.25, -0.2) is 4.99 Å². The minimum Gasteiger partial charge on any atom is -0.486 e. The van der Waals surface area contributed by atoms with Crippen molar-refractivity contribution in [1.82, 2.24) is 9.97 Å². The van der Waals surface area contributed by atoms with E-state index in [-0.39, 0.29) is 18.3 Å². The van der Waals surface area contributed by atoms with Gasteiger partial charge in [-0.1, -0.05) is 172 Å². The van der Waals surface area contributed by atoms with Crippen molar-refractivity contribution >= 4 is 73.9 Å². The number of hydrogen-bond acceptors (Lipinski definition) is 5. The molecule has 1 aromatic carbocycles. The van der Waals surface area contributed by atoms with E-state index in [9.17, 15) is 0 Å². The molecule has 354 valence electrons. The number of aromatic nitrogens is 2. The molecular formula is C56H78I2N4O3. The molecule has 0 fully saturated rings. The number of unbranched alkanes of at least 4 members (excludes halogenated alkanes) is 12. The highest BCUT2D eigenvalue weighted by atomic mass is 127. The van der Waals surface area contributed by atoms with Gasteiger partial charge in [0.05, 0.1) is 34.7 Å². The number of halogens is 2. The molecular weight excluding hydrogens is 1030 g/mol. The number of nitrogens with zero attached hydrogens (tertiary/aromatic N) is 2. The standard InChI is InChI=1S/C56H78I2N4O3/c1-7-13-16-19-25-30-42(10-4)63-52-45-33-34-47(59-45)53(64-43(11-5)31-26-20-17-14-8-2)49-37-38-51(61-49)56(58,41-28-23-22-24-29-41)55(57)40-39-50(62-55)54(48-36-35-46(52)60-48)65-44(12-6)32-27-21-18-15-9-3/h22-24,28-29,33-40,42-44,60-61H,7-21,25-27,30-32H2,1-6H3. The fourth-order valence-electron chi connectivity index (χ4n) is 9.23. The summed E-state index contributed by atoms with van der Waals surface area (Å²) in [6.07, 6.45) is 33.1. The third-order valence-electron chi connectivity index (χ3n) is 13.3. The zero-order valence-electron chi connectivity index (χ0n) is 40.5. The van der Waals surface area contributed by atoms with E-state index in [2.05, 4.69) is 176 Å². The molecule has 0 saturated carbocycles. The van der Waals surface area contributed by atoms with Crippen molar-refractivity contribution in [1.29, 1.82) is 0 Å². The first-order valence-corrected chi connectivity index (χ1v) is 27.7. The van der Waals surface area contributed by atoms with Crippen LogP contribution in [0.25, 0.3) is 17.3 Å². The minimum atomic E-state index is -0.712. The Morgan fingerprint density at radius 3 is 1.55 bits per heavy atom. The van der Waals surface area contributed by atoms with Crippen LogP contribution in [0.1, 0.15) is 193 Å². The molecule has 2 N–H and O–H groups in total. The molecule has 8 bridgehead atoms. The molecule has 6 rings (SSSR count). The fourth-order valence-corrected chi connectivity index (χ4v) is 11.2. The van der Waals surface area contributed by atoms with Crippen LogP contribution in [-0.4, -0.2) is 43.2 Å². The van der Waals surface area contributed by atoms with Gasteiger partial charge in [-0.05, 0) is 135 Å². The van der Waals surface area contributed by atoms with E-state index in [0.717, 1.165) is 120 Å². The lowest BCUT2D eigenvalue weighted by molar-refractivity contribution is 0.147. The summed E-state index contributed by atoms with van der Waals surface area (Å²) in [5, 5.41) is 1.77. The Morgan fingerprint density at radius 1 is 0.523 bits per heavy atom. The Hall–Kier alpha value is -3.06. The zero-order chi connectivity index (χ0) is 46.1. The molecule has 0 spiro atoms. The maximum atomic E-state index is 7.19. The quantitative estimate of drug-likeness (QED) is 0.0329. The van der Waals surface area contributed by atoms with Crippen LogP contribution in [0.5, 0.6) is 0 Å². The van der Waals surface area contributed by atoms with Crippen LogP contribution in [0.4, 0.5) is 0 Å². The first-order valence-electron chi connectivity index (χ1n) is 25.6. The van der Waals surface area contributed by atoms with Gasteiger partial charge >= 0.3 is 0 Å². The molecule has 0 saturated heterocycles. The number of nitrogens with one attached hydrogen (secondary N) is 2. The molecule has 0 radical (unpaired) electrons. The largest absolute Gasteiger partial charge is 0.486 e. The van der Waals surface area contributed by atoms with Gasteiger partial charge in [0.15, 0.2) is 20.8 Å². The zero-order valence-corrected chi connectivity index (χ0v) is 44.8. The molecule has 0 amide bonds. The molecule has 5 atom stereocenters. The number of alkyl halides is 2. The Morgan fingerprint density at radius 2 is 1.03 bits per heavy atom. The van der Waals surface area contributed by atoms with Gasteiger partial charge in [0, 0.05) is 5.69 Å². The average molecular weight is 1110 g/mol. The van der Waals surface area contributed by atoms with Crippen LogP contribution in [0.15, 0.2) is 94.6 Å². The molecule has 3 aliphatic heterocycles. The van der Waals surface area contributed by atoms with E-state index in [1.807, 2.05) is 0 Å². The highest BCUT2D eigenvalue weighted by molar-refractivity contribution is 14.1. The lowest BCUT2D eigenvalue weighted by atomic mass is 9.89. The second-order valence-corrected chi connectivity index (χ2v) is 21.6. The Labute approximate surface area is 418 Å². The number of hydrogen-bond donors (Lipinski definition) is 2. The number of rotatable bonds is 28. The monoisotopic (exact) mass is 1110 g/mol. The topological polar surface area (TPSA) is 84.0 Å². The number of ether oxygens (including phenoxy) is 3. The SMILES string of the molecule is CCCCCCCC(CC)OC1=C2C=CC(=N2)C(OC(CC)CCCCCCC)=c2ccc([nH]2)=C(OC(CC)CCCCCCC)C2=NC(I)(C=C2)C(I)(c2ccccc2)c2ccc1[nH]2. The number of aliphatic imine (C=N–C) groups is 2.